The Morgan fingerprint density at radius 3 is 2.62 bits per heavy atom. The number of oxime groups is 1. The highest BCUT2D eigenvalue weighted by Gasteiger charge is 2.37. The number of ether oxygens (including phenoxy) is 1. The molecule has 1 amide bonds. The molecule has 4 N–H and O–H groups in total. The van der Waals surface area contributed by atoms with Crippen LogP contribution in [0.4, 0.5) is 0 Å². The molecule has 0 radical (unpaired) electrons. The van der Waals surface area contributed by atoms with E-state index in [1.165, 1.54) is 35.5 Å². The van der Waals surface area contributed by atoms with E-state index in [2.05, 4.69) is 10.1 Å². The van der Waals surface area contributed by atoms with Crippen molar-refractivity contribution in [3.63, 3.8) is 0 Å². The van der Waals surface area contributed by atoms with Gasteiger partial charge in [-0.1, -0.05) is 11.2 Å². The minimum absolute atomic E-state index is 0.0405. The van der Waals surface area contributed by atoms with E-state index < -0.39 is 36.4 Å². The van der Waals surface area contributed by atoms with Crippen LogP contribution in [0.1, 0.15) is 26.6 Å². The van der Waals surface area contributed by atoms with Gasteiger partial charge in [-0.05, 0) is 31.3 Å². The molecule has 1 fully saturated rings. The summed E-state index contributed by atoms with van der Waals surface area (Å²) < 4.78 is 5.72. The number of hydrogen-bond donors (Lipinski definition) is 4. The van der Waals surface area contributed by atoms with Gasteiger partial charge in [0.05, 0.1) is 18.1 Å². The summed E-state index contributed by atoms with van der Waals surface area (Å²) in [4.78, 5) is 35.0. The molecular weight excluding hydrogens is 441 g/mol. The Balaban J connectivity index is 1.69. The second-order valence-electron chi connectivity index (χ2n) is 7.10. The van der Waals surface area contributed by atoms with Crippen LogP contribution in [0.5, 0.6) is 11.5 Å². The number of carboxylic acid groups (broad SMARTS) is 1. The predicted molar refractivity (Wildman–Crippen MR) is 115 cm³/mol. The highest BCUT2D eigenvalue weighted by atomic mass is 32.1. The molecule has 32 heavy (non-hydrogen) atoms. The molecular formula is C19H22BN3O8S. The van der Waals surface area contributed by atoms with Gasteiger partial charge in [-0.25, -0.2) is 9.78 Å². The number of nitrogens with zero attached hydrogens (tertiary/aromatic N) is 3. The number of amides is 1. The van der Waals surface area contributed by atoms with Crippen LogP contribution in [0, 0.1) is 6.92 Å². The third-order valence-electron chi connectivity index (χ3n) is 4.78. The van der Waals surface area contributed by atoms with Crippen LogP contribution in [-0.2, 0) is 16.1 Å². The number of thiazole rings is 1. The van der Waals surface area contributed by atoms with Crippen molar-refractivity contribution >= 4 is 36.0 Å². The SMILES string of the molecule is CON=C(C(=O)N1CC(Oc2ccc(CCB(O)O)c(O)c2C(=O)O)C1)c1csc(C)n1. The number of likely N-dealkylation sites (tertiary alicyclic amines) is 1. The van der Waals surface area contributed by atoms with Crippen LogP contribution in [0.15, 0.2) is 22.7 Å². The van der Waals surface area contributed by atoms with Crippen LogP contribution in [0.2, 0.25) is 6.32 Å². The Morgan fingerprint density at radius 1 is 1.34 bits per heavy atom. The summed E-state index contributed by atoms with van der Waals surface area (Å²) in [6.07, 6.45) is -0.466. The summed E-state index contributed by atoms with van der Waals surface area (Å²) in [5.41, 5.74) is 0.312. The summed E-state index contributed by atoms with van der Waals surface area (Å²) in [7, 11) is -0.240. The molecule has 0 saturated carbocycles. The summed E-state index contributed by atoms with van der Waals surface area (Å²) in [6.45, 7) is 2.18. The van der Waals surface area contributed by atoms with Crippen LogP contribution in [0.3, 0.4) is 0 Å². The number of aromatic hydroxyl groups is 1. The topological polar surface area (TPSA) is 162 Å². The first-order valence-electron chi connectivity index (χ1n) is 9.65. The average molecular weight is 463 g/mol. The minimum atomic E-state index is -1.57. The Hall–Kier alpha value is -3.16. The maximum atomic E-state index is 12.8. The zero-order valence-corrected chi connectivity index (χ0v) is 18.2. The third-order valence-corrected chi connectivity index (χ3v) is 5.56. The van der Waals surface area contributed by atoms with Crippen molar-refractivity contribution in [3.05, 3.63) is 39.3 Å². The predicted octanol–water partition coefficient (Wildman–Crippen LogP) is 0.511. The van der Waals surface area contributed by atoms with Crippen LogP contribution >= 0.6 is 11.3 Å². The molecule has 13 heteroatoms. The molecule has 1 aliphatic rings. The van der Waals surface area contributed by atoms with Crippen molar-refractivity contribution in [1.82, 2.24) is 9.88 Å². The highest BCUT2D eigenvalue weighted by molar-refractivity contribution is 7.09. The molecule has 170 valence electrons. The number of carboxylic acids is 1. The molecule has 0 bridgehead atoms. The number of carbonyl (C=O) groups is 2. The highest BCUT2D eigenvalue weighted by Crippen LogP contribution is 2.34. The molecule has 1 aromatic heterocycles. The summed E-state index contributed by atoms with van der Waals surface area (Å²) in [5, 5.41) is 44.1. The molecule has 0 spiro atoms. The van der Waals surface area contributed by atoms with E-state index in [0.29, 0.717) is 5.69 Å². The Morgan fingerprint density at radius 2 is 2.06 bits per heavy atom. The van der Waals surface area contributed by atoms with Gasteiger partial charge >= 0.3 is 13.1 Å². The van der Waals surface area contributed by atoms with Crippen molar-refractivity contribution in [1.29, 1.82) is 0 Å². The van der Waals surface area contributed by atoms with Gasteiger partial charge in [-0.2, -0.15) is 0 Å². The number of hydrogen-bond acceptors (Lipinski definition) is 10. The van der Waals surface area contributed by atoms with E-state index in [-0.39, 0.29) is 42.9 Å². The molecule has 2 aromatic rings. The van der Waals surface area contributed by atoms with Crippen molar-refractivity contribution in [3.8, 4) is 11.5 Å². The monoisotopic (exact) mass is 463 g/mol. The van der Waals surface area contributed by atoms with Gasteiger partial charge < -0.3 is 34.7 Å². The third kappa shape index (κ3) is 5.18. The smallest absolute Gasteiger partial charge is 0.451 e. The number of benzene rings is 1. The molecule has 3 rings (SSSR count). The Labute approximate surface area is 187 Å². The quantitative estimate of drug-likeness (QED) is 0.236. The van der Waals surface area contributed by atoms with Gasteiger partial charge in [0, 0.05) is 5.38 Å². The second kappa shape index (κ2) is 9.98. The van der Waals surface area contributed by atoms with E-state index in [1.807, 2.05) is 6.92 Å². The molecule has 1 saturated heterocycles. The summed E-state index contributed by atoms with van der Waals surface area (Å²) >= 11 is 1.38. The van der Waals surface area contributed by atoms with Crippen molar-refractivity contribution in [2.45, 2.75) is 25.8 Å². The summed E-state index contributed by atoms with van der Waals surface area (Å²) in [6, 6.07) is 2.87. The Bertz CT molecular complexity index is 1040. The molecule has 1 aliphatic heterocycles. The lowest BCUT2D eigenvalue weighted by Crippen LogP contribution is -2.58. The number of carbonyl (C=O) groups excluding carboxylic acids is 1. The zero-order valence-electron chi connectivity index (χ0n) is 17.4. The van der Waals surface area contributed by atoms with E-state index in [9.17, 15) is 19.8 Å². The molecule has 11 nitrogen and oxygen atoms in total. The first kappa shape index (κ1) is 23.5. The number of aromatic nitrogens is 1. The van der Waals surface area contributed by atoms with Crippen LogP contribution in [0.25, 0.3) is 0 Å². The molecule has 0 unspecified atom stereocenters. The van der Waals surface area contributed by atoms with E-state index in [0.717, 1.165) is 5.01 Å². The van der Waals surface area contributed by atoms with Crippen LogP contribution < -0.4 is 4.74 Å². The fraction of sp³-hybridized carbons (Fsp3) is 0.368. The maximum absolute atomic E-state index is 12.8. The van der Waals surface area contributed by atoms with E-state index >= 15 is 0 Å². The molecule has 1 aromatic carbocycles. The standard InChI is InChI=1S/C19H22BN3O8S/c1-10-21-13(9-32-10)16(22-30-2)18(25)23-7-12(8-23)31-14-4-3-11(5-6-20(28)29)17(24)15(14)19(26)27/h3-4,9,12,24,28-29H,5-8H2,1-2H3,(H,26,27). The molecule has 0 aliphatic carbocycles. The van der Waals surface area contributed by atoms with Crippen molar-refractivity contribution in [2.24, 2.45) is 5.16 Å². The molecule has 2 heterocycles. The fourth-order valence-corrected chi connectivity index (χ4v) is 3.77. The second-order valence-corrected chi connectivity index (χ2v) is 8.16. The number of rotatable bonds is 9. The van der Waals surface area contributed by atoms with Crippen molar-refractivity contribution < 1.29 is 39.4 Å². The minimum Gasteiger partial charge on any atom is -0.507 e. The van der Waals surface area contributed by atoms with Gasteiger partial charge in [0.25, 0.3) is 5.91 Å². The first-order valence-corrected chi connectivity index (χ1v) is 10.5. The van der Waals surface area contributed by atoms with Crippen LogP contribution in [-0.4, -0.2) is 81.2 Å². The van der Waals surface area contributed by atoms with Gasteiger partial charge in [-0.3, -0.25) is 4.79 Å². The fourth-order valence-electron chi connectivity index (χ4n) is 3.17. The first-order chi connectivity index (χ1) is 15.2. The van der Waals surface area contributed by atoms with Gasteiger partial charge in [0.15, 0.2) is 5.71 Å². The lowest BCUT2D eigenvalue weighted by atomic mass is 9.82. The Kier molecular flexibility index (Phi) is 7.33. The molecule has 0 atom stereocenters. The van der Waals surface area contributed by atoms with Gasteiger partial charge in [0.2, 0.25) is 0 Å². The normalized spacial score (nSPS) is 14.1. The summed E-state index contributed by atoms with van der Waals surface area (Å²) in [5.74, 6) is -2.31. The number of phenols is 1. The lowest BCUT2D eigenvalue weighted by molar-refractivity contribution is -0.132. The van der Waals surface area contributed by atoms with Crippen molar-refractivity contribution in [2.75, 3.05) is 20.2 Å². The zero-order chi connectivity index (χ0) is 23.4. The van der Waals surface area contributed by atoms with E-state index in [1.54, 1.807) is 5.38 Å². The van der Waals surface area contributed by atoms with Gasteiger partial charge in [-0.15, -0.1) is 11.3 Å². The number of aryl methyl sites for hydroxylation is 2. The van der Waals surface area contributed by atoms with E-state index in [4.69, 9.17) is 19.6 Å². The average Bonchev–Trinajstić information content (AvgIpc) is 3.12. The number of aromatic carboxylic acids is 1. The van der Waals surface area contributed by atoms with Gasteiger partial charge in [0.1, 0.15) is 36.0 Å². The largest absolute Gasteiger partial charge is 0.507 e. The lowest BCUT2D eigenvalue weighted by Gasteiger charge is -2.39. The maximum Gasteiger partial charge on any atom is 0.451 e.